The average molecular weight is 220 g/mol. The summed E-state index contributed by atoms with van der Waals surface area (Å²) in [5, 5.41) is 0. The number of rotatable bonds is 5. The number of carbonyl (C=O) groups excluding carboxylic acids is 3. The van der Waals surface area contributed by atoms with E-state index in [4.69, 9.17) is 4.74 Å². The van der Waals surface area contributed by atoms with Crippen molar-refractivity contribution in [3.63, 3.8) is 0 Å². The van der Waals surface area contributed by atoms with Gasteiger partial charge in [0.1, 0.15) is 12.6 Å². The summed E-state index contributed by atoms with van der Waals surface area (Å²) in [6.07, 6.45) is 0.626. The molecule has 1 aromatic rings. The van der Waals surface area contributed by atoms with Crippen LogP contribution in [0.15, 0.2) is 30.3 Å². The van der Waals surface area contributed by atoms with Crippen LogP contribution in [-0.4, -0.2) is 25.1 Å². The van der Waals surface area contributed by atoms with Crippen molar-refractivity contribution in [1.29, 1.82) is 0 Å². The van der Waals surface area contributed by atoms with Crippen LogP contribution in [0.2, 0.25) is 0 Å². The Bertz CT molecular complexity index is 375. The van der Waals surface area contributed by atoms with Gasteiger partial charge in [-0.2, -0.15) is 0 Å². The molecule has 0 atom stereocenters. The number of carbonyl (C=O) groups is 3. The number of ether oxygens (including phenoxy) is 1. The maximum absolute atomic E-state index is 11.6. The Morgan fingerprint density at radius 2 is 1.81 bits per heavy atom. The lowest BCUT2D eigenvalue weighted by molar-refractivity contribution is -0.152. The molecule has 0 saturated heterocycles. The second-order valence-corrected chi connectivity index (χ2v) is 3.19. The lowest BCUT2D eigenvalue weighted by atomic mass is 9.83. The molecule has 0 bridgehead atoms. The monoisotopic (exact) mass is 220 g/mol. The minimum atomic E-state index is -1.84. The first-order valence-corrected chi connectivity index (χ1v) is 4.86. The number of benzene rings is 1. The Labute approximate surface area is 93.2 Å². The third kappa shape index (κ3) is 2.00. The fourth-order valence-corrected chi connectivity index (χ4v) is 1.34. The van der Waals surface area contributed by atoms with Crippen LogP contribution in [0.5, 0.6) is 0 Å². The summed E-state index contributed by atoms with van der Waals surface area (Å²) in [5.41, 5.74) is -1.52. The molecule has 4 heteroatoms. The maximum atomic E-state index is 11.6. The van der Waals surface area contributed by atoms with E-state index >= 15 is 0 Å². The highest BCUT2D eigenvalue weighted by Gasteiger charge is 2.41. The van der Waals surface area contributed by atoms with Gasteiger partial charge >= 0.3 is 5.97 Å². The highest BCUT2D eigenvalue weighted by atomic mass is 16.5. The van der Waals surface area contributed by atoms with Gasteiger partial charge in [0.2, 0.25) is 5.41 Å². The summed E-state index contributed by atoms with van der Waals surface area (Å²) < 4.78 is 4.74. The number of hydrogen-bond donors (Lipinski definition) is 0. The summed E-state index contributed by atoms with van der Waals surface area (Å²) in [6, 6.07) is 8.11. The summed E-state index contributed by atoms with van der Waals surface area (Å²) in [4.78, 5) is 33.7. The molecule has 0 aliphatic rings. The van der Waals surface area contributed by atoms with Crippen LogP contribution in [0, 0.1) is 0 Å². The predicted molar refractivity (Wildman–Crippen MR) is 56.9 cm³/mol. The van der Waals surface area contributed by atoms with E-state index < -0.39 is 11.4 Å². The summed E-state index contributed by atoms with van der Waals surface area (Å²) in [7, 11) is 0. The molecule has 0 amide bonds. The smallest absolute Gasteiger partial charge is 0.331 e. The third-order valence-electron chi connectivity index (χ3n) is 2.24. The SMILES string of the molecule is CCOC(=O)C(C=O)(C=O)c1ccccc1. The van der Waals surface area contributed by atoms with Crippen molar-refractivity contribution < 1.29 is 19.1 Å². The largest absolute Gasteiger partial charge is 0.465 e. The molecule has 0 N–H and O–H groups in total. The van der Waals surface area contributed by atoms with E-state index in [0.717, 1.165) is 0 Å². The van der Waals surface area contributed by atoms with Crippen LogP contribution >= 0.6 is 0 Å². The molecule has 0 spiro atoms. The van der Waals surface area contributed by atoms with E-state index in [1.54, 1.807) is 37.3 Å². The Hall–Kier alpha value is -1.97. The second kappa shape index (κ2) is 5.21. The first kappa shape index (κ1) is 12.1. The van der Waals surface area contributed by atoms with Crippen molar-refractivity contribution in [2.45, 2.75) is 12.3 Å². The lowest BCUT2D eigenvalue weighted by Gasteiger charge is -2.19. The molecule has 0 radical (unpaired) electrons. The van der Waals surface area contributed by atoms with E-state index in [1.165, 1.54) is 0 Å². The molecule has 0 aromatic heterocycles. The topological polar surface area (TPSA) is 60.4 Å². The molecular formula is C12H12O4. The van der Waals surface area contributed by atoms with E-state index in [9.17, 15) is 14.4 Å². The van der Waals surface area contributed by atoms with Crippen LogP contribution < -0.4 is 0 Å². The van der Waals surface area contributed by atoms with E-state index in [0.29, 0.717) is 18.1 Å². The van der Waals surface area contributed by atoms with Crippen LogP contribution in [0.1, 0.15) is 12.5 Å². The van der Waals surface area contributed by atoms with Crippen molar-refractivity contribution in [3.05, 3.63) is 35.9 Å². The second-order valence-electron chi connectivity index (χ2n) is 3.19. The van der Waals surface area contributed by atoms with Crippen LogP contribution in [0.3, 0.4) is 0 Å². The Morgan fingerprint density at radius 1 is 1.25 bits per heavy atom. The number of aldehydes is 2. The molecule has 1 rings (SSSR count). The fourth-order valence-electron chi connectivity index (χ4n) is 1.34. The van der Waals surface area contributed by atoms with Crippen LogP contribution in [0.25, 0.3) is 0 Å². The summed E-state index contributed by atoms with van der Waals surface area (Å²) in [6.45, 7) is 1.73. The van der Waals surface area contributed by atoms with Crippen LogP contribution in [0.4, 0.5) is 0 Å². The Kier molecular flexibility index (Phi) is 3.94. The summed E-state index contributed by atoms with van der Waals surface area (Å²) in [5.74, 6) is -0.841. The Morgan fingerprint density at radius 3 is 2.25 bits per heavy atom. The summed E-state index contributed by atoms with van der Waals surface area (Å²) >= 11 is 0. The molecule has 4 nitrogen and oxygen atoms in total. The van der Waals surface area contributed by atoms with Gasteiger partial charge in [-0.25, -0.2) is 0 Å². The van der Waals surface area contributed by atoms with E-state index in [-0.39, 0.29) is 6.61 Å². The molecule has 0 aliphatic carbocycles. The van der Waals surface area contributed by atoms with Gasteiger partial charge in [-0.05, 0) is 12.5 Å². The van der Waals surface area contributed by atoms with Gasteiger partial charge in [-0.3, -0.25) is 4.79 Å². The number of esters is 1. The third-order valence-corrected chi connectivity index (χ3v) is 2.24. The fraction of sp³-hybridized carbons (Fsp3) is 0.250. The van der Waals surface area contributed by atoms with Crippen molar-refractivity contribution in [2.75, 3.05) is 6.61 Å². The van der Waals surface area contributed by atoms with Crippen molar-refractivity contribution >= 4 is 18.5 Å². The highest BCUT2D eigenvalue weighted by Crippen LogP contribution is 2.21. The van der Waals surface area contributed by atoms with Crippen molar-refractivity contribution in [3.8, 4) is 0 Å². The van der Waals surface area contributed by atoms with Gasteiger partial charge in [0.05, 0.1) is 6.61 Å². The average Bonchev–Trinajstić information content (AvgIpc) is 2.33. The highest BCUT2D eigenvalue weighted by molar-refractivity contribution is 6.15. The first-order valence-electron chi connectivity index (χ1n) is 4.86. The molecular weight excluding hydrogens is 208 g/mol. The van der Waals surface area contributed by atoms with Crippen molar-refractivity contribution in [2.24, 2.45) is 0 Å². The lowest BCUT2D eigenvalue weighted by Crippen LogP contribution is -2.40. The number of hydrogen-bond acceptors (Lipinski definition) is 4. The molecule has 0 unspecified atom stereocenters. The van der Waals surface area contributed by atoms with Gasteiger partial charge < -0.3 is 14.3 Å². The quantitative estimate of drug-likeness (QED) is 0.420. The first-order chi connectivity index (χ1) is 7.71. The normalized spacial score (nSPS) is 10.6. The zero-order valence-electron chi connectivity index (χ0n) is 8.88. The molecule has 16 heavy (non-hydrogen) atoms. The molecule has 0 aliphatic heterocycles. The van der Waals surface area contributed by atoms with Gasteiger partial charge in [0, 0.05) is 0 Å². The predicted octanol–water partition coefficient (Wildman–Crippen LogP) is 0.885. The molecule has 0 saturated carbocycles. The van der Waals surface area contributed by atoms with Gasteiger partial charge in [0.25, 0.3) is 0 Å². The zero-order chi connectivity index (χ0) is 12.0. The molecule has 0 fully saturated rings. The zero-order valence-corrected chi connectivity index (χ0v) is 8.88. The molecule has 84 valence electrons. The van der Waals surface area contributed by atoms with Crippen molar-refractivity contribution in [1.82, 2.24) is 0 Å². The van der Waals surface area contributed by atoms with Gasteiger partial charge in [0.15, 0.2) is 0 Å². The minimum absolute atomic E-state index is 0.120. The molecule has 1 aromatic carbocycles. The minimum Gasteiger partial charge on any atom is -0.465 e. The van der Waals surface area contributed by atoms with Gasteiger partial charge in [-0.15, -0.1) is 0 Å². The maximum Gasteiger partial charge on any atom is 0.331 e. The van der Waals surface area contributed by atoms with Crippen LogP contribution in [-0.2, 0) is 24.5 Å². The van der Waals surface area contributed by atoms with E-state index in [2.05, 4.69) is 0 Å². The van der Waals surface area contributed by atoms with Gasteiger partial charge in [-0.1, -0.05) is 30.3 Å². The van der Waals surface area contributed by atoms with E-state index in [1.807, 2.05) is 0 Å². The Balaban J connectivity index is 3.21. The molecule has 0 heterocycles. The standard InChI is InChI=1S/C12H12O4/c1-2-16-11(15)12(8-13,9-14)10-6-4-3-5-7-10/h3-9H,2H2,1H3.